The fourth-order valence-corrected chi connectivity index (χ4v) is 2.89. The molecular weight excluding hydrogens is 198 g/mol. The maximum atomic E-state index is 11.9. The molecule has 1 aliphatic rings. The van der Waals surface area contributed by atoms with Crippen LogP contribution in [0.2, 0.25) is 0 Å². The van der Waals surface area contributed by atoms with Crippen molar-refractivity contribution in [3.05, 3.63) is 5.21 Å². The molecule has 0 saturated carbocycles. The summed E-state index contributed by atoms with van der Waals surface area (Å²) in [6.07, 6.45) is 10.3. The molecule has 1 atom stereocenters. The first-order valence-corrected chi connectivity index (χ1v) is 6.72. The van der Waals surface area contributed by atoms with Crippen LogP contribution in [0, 0.1) is 10.6 Å². The van der Waals surface area contributed by atoms with Crippen LogP contribution in [0.1, 0.15) is 72.6 Å². The van der Waals surface area contributed by atoms with Gasteiger partial charge in [-0.1, -0.05) is 46.5 Å². The quantitative estimate of drug-likeness (QED) is 0.379. The van der Waals surface area contributed by atoms with Crippen molar-refractivity contribution in [2.24, 2.45) is 5.41 Å². The topological polar surface area (TPSA) is 26.1 Å². The van der Waals surface area contributed by atoms with Gasteiger partial charge in [0.2, 0.25) is 0 Å². The van der Waals surface area contributed by atoms with Gasteiger partial charge in [-0.05, 0) is 6.42 Å². The molecule has 2 nitrogen and oxygen atoms in total. The van der Waals surface area contributed by atoms with E-state index in [2.05, 4.69) is 27.7 Å². The van der Waals surface area contributed by atoms with Crippen LogP contribution in [0.5, 0.6) is 0 Å². The third kappa shape index (κ3) is 3.50. The zero-order valence-electron chi connectivity index (χ0n) is 11.4. The number of unbranched alkanes of at least 4 members (excludes halogenated alkanes) is 4. The minimum Gasteiger partial charge on any atom is -0.624 e. The van der Waals surface area contributed by atoms with Gasteiger partial charge in [0.25, 0.3) is 0 Å². The monoisotopic (exact) mass is 225 g/mol. The van der Waals surface area contributed by atoms with Crippen LogP contribution in [-0.4, -0.2) is 16.5 Å². The normalized spacial score (nSPS) is 28.1. The van der Waals surface area contributed by atoms with E-state index in [1.165, 1.54) is 36.8 Å². The fourth-order valence-electron chi connectivity index (χ4n) is 2.89. The number of hydroxylamine groups is 1. The minimum atomic E-state index is -0.143. The summed E-state index contributed by atoms with van der Waals surface area (Å²) in [6, 6.07) is 0. The predicted molar refractivity (Wildman–Crippen MR) is 69.9 cm³/mol. The number of hydrogen-bond acceptors (Lipinski definition) is 1. The Balaban J connectivity index is 2.34. The van der Waals surface area contributed by atoms with Crippen molar-refractivity contribution >= 4 is 6.21 Å². The molecule has 0 aromatic carbocycles. The molecule has 0 aromatic heterocycles. The molecule has 1 unspecified atom stereocenters. The summed E-state index contributed by atoms with van der Waals surface area (Å²) < 4.78 is 1.22. The van der Waals surface area contributed by atoms with Gasteiger partial charge in [0.15, 0.2) is 11.8 Å². The minimum absolute atomic E-state index is 0.0833. The molecule has 0 N–H and O–H groups in total. The third-order valence-corrected chi connectivity index (χ3v) is 3.65. The SMILES string of the molecule is CCCCCCCC1(C)CC(C)(C)C=[N+]1[O-]. The van der Waals surface area contributed by atoms with Crippen LogP contribution >= 0.6 is 0 Å². The smallest absolute Gasteiger partial charge is 0.170 e. The van der Waals surface area contributed by atoms with E-state index >= 15 is 0 Å². The van der Waals surface area contributed by atoms with Crippen LogP contribution in [0.3, 0.4) is 0 Å². The van der Waals surface area contributed by atoms with Gasteiger partial charge < -0.3 is 5.21 Å². The fraction of sp³-hybridized carbons (Fsp3) is 0.929. The van der Waals surface area contributed by atoms with Crippen LogP contribution in [-0.2, 0) is 0 Å². The zero-order valence-corrected chi connectivity index (χ0v) is 11.4. The first kappa shape index (κ1) is 13.5. The highest BCUT2D eigenvalue weighted by Gasteiger charge is 2.45. The van der Waals surface area contributed by atoms with Crippen LogP contribution in [0.15, 0.2) is 0 Å². The Labute approximate surface area is 100 Å². The number of nitrogens with zero attached hydrogens (tertiary/aromatic N) is 1. The van der Waals surface area contributed by atoms with Crippen molar-refractivity contribution in [1.82, 2.24) is 0 Å². The lowest BCUT2D eigenvalue weighted by Crippen LogP contribution is -2.32. The van der Waals surface area contributed by atoms with Crippen molar-refractivity contribution in [2.75, 3.05) is 0 Å². The highest BCUT2D eigenvalue weighted by atomic mass is 16.5. The van der Waals surface area contributed by atoms with Crippen molar-refractivity contribution in [3.63, 3.8) is 0 Å². The zero-order chi connectivity index (χ0) is 12.2. The third-order valence-electron chi connectivity index (χ3n) is 3.65. The molecule has 1 heterocycles. The number of hydrogen-bond donors (Lipinski definition) is 0. The maximum absolute atomic E-state index is 11.9. The van der Waals surface area contributed by atoms with Gasteiger partial charge in [0, 0.05) is 25.2 Å². The molecule has 0 fully saturated rings. The van der Waals surface area contributed by atoms with E-state index in [1.54, 1.807) is 0 Å². The van der Waals surface area contributed by atoms with Crippen molar-refractivity contribution in [1.29, 1.82) is 0 Å². The Hall–Kier alpha value is -0.530. The summed E-state index contributed by atoms with van der Waals surface area (Å²) in [5, 5.41) is 11.9. The summed E-state index contributed by atoms with van der Waals surface area (Å²) in [7, 11) is 0. The summed E-state index contributed by atoms with van der Waals surface area (Å²) in [4.78, 5) is 0. The highest BCUT2D eigenvalue weighted by molar-refractivity contribution is 5.61. The Morgan fingerprint density at radius 2 is 1.75 bits per heavy atom. The molecule has 0 spiro atoms. The van der Waals surface area contributed by atoms with E-state index in [9.17, 15) is 5.21 Å². The Kier molecular flexibility index (Phi) is 4.40. The molecule has 0 amide bonds. The summed E-state index contributed by atoms with van der Waals surface area (Å²) >= 11 is 0. The Bertz CT molecular complexity index is 257. The van der Waals surface area contributed by atoms with Crippen molar-refractivity contribution < 1.29 is 4.74 Å². The molecule has 0 aromatic rings. The van der Waals surface area contributed by atoms with Crippen LogP contribution < -0.4 is 0 Å². The lowest BCUT2D eigenvalue weighted by Gasteiger charge is -2.24. The van der Waals surface area contributed by atoms with E-state index in [4.69, 9.17) is 0 Å². The Morgan fingerprint density at radius 3 is 2.25 bits per heavy atom. The average molecular weight is 225 g/mol. The highest BCUT2D eigenvalue weighted by Crippen LogP contribution is 2.37. The van der Waals surface area contributed by atoms with E-state index < -0.39 is 0 Å². The van der Waals surface area contributed by atoms with Crippen LogP contribution in [0.4, 0.5) is 0 Å². The predicted octanol–water partition coefficient (Wildman–Crippen LogP) is 4.12. The molecule has 0 radical (unpaired) electrons. The molecule has 0 bridgehead atoms. The van der Waals surface area contributed by atoms with Crippen molar-refractivity contribution in [2.45, 2.75) is 78.2 Å². The van der Waals surface area contributed by atoms with E-state index in [0.717, 1.165) is 12.8 Å². The second kappa shape index (κ2) is 5.20. The molecule has 16 heavy (non-hydrogen) atoms. The van der Waals surface area contributed by atoms with Crippen molar-refractivity contribution in [3.8, 4) is 0 Å². The number of rotatable bonds is 6. The average Bonchev–Trinajstić information content (AvgIpc) is 2.35. The Morgan fingerprint density at radius 1 is 1.12 bits per heavy atom. The van der Waals surface area contributed by atoms with E-state index in [-0.39, 0.29) is 11.0 Å². The molecule has 94 valence electrons. The van der Waals surface area contributed by atoms with Gasteiger partial charge in [-0.15, -0.1) is 0 Å². The molecule has 0 aliphatic carbocycles. The molecule has 1 rings (SSSR count). The summed E-state index contributed by atoms with van der Waals surface area (Å²) in [6.45, 7) is 8.65. The first-order valence-electron chi connectivity index (χ1n) is 6.72. The van der Waals surface area contributed by atoms with E-state index in [0.29, 0.717) is 0 Å². The maximum Gasteiger partial charge on any atom is 0.170 e. The first-order chi connectivity index (χ1) is 7.40. The largest absolute Gasteiger partial charge is 0.624 e. The van der Waals surface area contributed by atoms with Gasteiger partial charge in [-0.2, -0.15) is 0 Å². The summed E-state index contributed by atoms with van der Waals surface area (Å²) in [5.74, 6) is 0. The lowest BCUT2D eigenvalue weighted by molar-refractivity contribution is -0.534. The summed E-state index contributed by atoms with van der Waals surface area (Å²) in [5.41, 5.74) is -0.0599. The van der Waals surface area contributed by atoms with Crippen LogP contribution in [0.25, 0.3) is 0 Å². The molecule has 0 saturated heterocycles. The second-order valence-corrected chi connectivity index (χ2v) is 6.28. The standard InChI is InChI=1S/C14H27NO/c1-5-6-7-8-9-10-14(4)11-13(2,3)12-15(14)16/h12H,5-11H2,1-4H3. The molecular formula is C14H27NO. The van der Waals surface area contributed by atoms with Gasteiger partial charge in [0.05, 0.1) is 0 Å². The molecule has 2 heteroatoms. The van der Waals surface area contributed by atoms with Gasteiger partial charge in [0.1, 0.15) is 0 Å². The van der Waals surface area contributed by atoms with Gasteiger partial charge in [-0.3, -0.25) is 0 Å². The molecule has 1 aliphatic heterocycles. The van der Waals surface area contributed by atoms with Gasteiger partial charge in [-0.25, -0.2) is 4.74 Å². The van der Waals surface area contributed by atoms with E-state index in [1.807, 2.05) is 6.21 Å². The second-order valence-electron chi connectivity index (χ2n) is 6.28. The van der Waals surface area contributed by atoms with Gasteiger partial charge >= 0.3 is 0 Å². The lowest BCUT2D eigenvalue weighted by atomic mass is 9.81.